The number of thioether (sulfide) groups is 1. The minimum atomic E-state index is 0.598. The first-order valence-corrected chi connectivity index (χ1v) is 7.11. The number of likely N-dealkylation sites (N-methyl/N-ethyl adjacent to an activating group) is 1. The lowest BCUT2D eigenvalue weighted by atomic mass is 10.2. The van der Waals surface area contributed by atoms with E-state index in [2.05, 4.69) is 29.4 Å². The van der Waals surface area contributed by atoms with Crippen molar-refractivity contribution >= 4 is 17.4 Å². The van der Waals surface area contributed by atoms with Gasteiger partial charge in [-0.3, -0.25) is 0 Å². The first kappa shape index (κ1) is 12.6. The molecule has 17 heavy (non-hydrogen) atoms. The molecule has 0 amide bonds. The Morgan fingerprint density at radius 1 is 1.41 bits per heavy atom. The van der Waals surface area contributed by atoms with E-state index in [9.17, 15) is 0 Å². The van der Waals surface area contributed by atoms with Gasteiger partial charge in [0.2, 0.25) is 0 Å². The molecule has 0 aromatic heterocycles. The smallest absolute Gasteiger partial charge is 0.119 e. The molecule has 0 aliphatic carbocycles. The van der Waals surface area contributed by atoms with E-state index in [0.717, 1.165) is 18.8 Å². The Hall–Kier alpha value is -0.870. The van der Waals surface area contributed by atoms with Gasteiger partial charge in [0.25, 0.3) is 0 Å². The van der Waals surface area contributed by atoms with E-state index in [1.165, 1.54) is 17.2 Å². The van der Waals surface area contributed by atoms with Gasteiger partial charge in [0, 0.05) is 43.4 Å². The molecule has 2 rings (SSSR count). The van der Waals surface area contributed by atoms with Crippen molar-refractivity contribution in [3.8, 4) is 5.75 Å². The van der Waals surface area contributed by atoms with Crippen molar-refractivity contribution in [1.29, 1.82) is 0 Å². The van der Waals surface area contributed by atoms with Gasteiger partial charge in [-0.15, -0.1) is 0 Å². The number of benzene rings is 1. The molecule has 1 unspecified atom stereocenters. The first-order valence-electron chi connectivity index (χ1n) is 5.96. The van der Waals surface area contributed by atoms with Gasteiger partial charge in [-0.05, 0) is 24.3 Å². The van der Waals surface area contributed by atoms with Crippen LogP contribution in [0.4, 0.5) is 5.69 Å². The van der Waals surface area contributed by atoms with Gasteiger partial charge >= 0.3 is 0 Å². The molecule has 1 aliphatic rings. The second-order valence-electron chi connectivity index (χ2n) is 4.30. The number of methoxy groups -OCH3 is 1. The second-order valence-corrected chi connectivity index (χ2v) is 5.45. The van der Waals surface area contributed by atoms with E-state index in [4.69, 9.17) is 4.74 Å². The fourth-order valence-electron chi connectivity index (χ4n) is 2.01. The molecule has 3 nitrogen and oxygen atoms in total. The normalized spacial score (nSPS) is 20.0. The van der Waals surface area contributed by atoms with Crippen LogP contribution in [-0.4, -0.2) is 44.8 Å². The molecule has 0 saturated carbocycles. The standard InChI is InChI=1S/C13H20N2OS/c1-15(9-11-10-17-8-7-14-11)12-3-5-13(16-2)6-4-12/h3-6,11,14H,7-10H2,1-2H3. The fraction of sp³-hybridized carbons (Fsp3) is 0.538. The molecule has 1 aromatic rings. The third kappa shape index (κ3) is 3.54. The largest absolute Gasteiger partial charge is 0.497 e. The van der Waals surface area contributed by atoms with Gasteiger partial charge in [-0.2, -0.15) is 11.8 Å². The average Bonchev–Trinajstić information content (AvgIpc) is 2.40. The van der Waals surface area contributed by atoms with Crippen molar-refractivity contribution in [2.24, 2.45) is 0 Å². The summed E-state index contributed by atoms with van der Waals surface area (Å²) in [5.74, 6) is 3.36. The number of anilines is 1. The lowest BCUT2D eigenvalue weighted by Gasteiger charge is -2.29. The third-order valence-electron chi connectivity index (χ3n) is 3.01. The van der Waals surface area contributed by atoms with E-state index in [-0.39, 0.29) is 0 Å². The molecule has 0 radical (unpaired) electrons. The summed E-state index contributed by atoms with van der Waals surface area (Å²) in [6.45, 7) is 2.19. The van der Waals surface area contributed by atoms with Crippen molar-refractivity contribution in [1.82, 2.24) is 5.32 Å². The van der Waals surface area contributed by atoms with Gasteiger partial charge in [0.1, 0.15) is 5.75 Å². The zero-order chi connectivity index (χ0) is 12.1. The van der Waals surface area contributed by atoms with Crippen molar-refractivity contribution < 1.29 is 4.74 Å². The van der Waals surface area contributed by atoms with Crippen LogP contribution in [0.1, 0.15) is 0 Å². The van der Waals surface area contributed by atoms with Crippen LogP contribution in [-0.2, 0) is 0 Å². The highest BCUT2D eigenvalue weighted by Gasteiger charge is 2.15. The molecule has 1 saturated heterocycles. The summed E-state index contributed by atoms with van der Waals surface area (Å²) in [4.78, 5) is 2.29. The summed E-state index contributed by atoms with van der Waals surface area (Å²) >= 11 is 2.04. The maximum absolute atomic E-state index is 5.16. The Kier molecular flexibility index (Phi) is 4.57. The summed E-state index contributed by atoms with van der Waals surface area (Å²) in [7, 11) is 3.84. The highest BCUT2D eigenvalue weighted by molar-refractivity contribution is 7.99. The molecule has 94 valence electrons. The van der Waals surface area contributed by atoms with Gasteiger partial charge in [0.05, 0.1) is 7.11 Å². The topological polar surface area (TPSA) is 24.5 Å². The van der Waals surface area contributed by atoms with Crippen LogP contribution >= 0.6 is 11.8 Å². The van der Waals surface area contributed by atoms with Gasteiger partial charge in [0.15, 0.2) is 0 Å². The Labute approximate surface area is 108 Å². The molecule has 1 fully saturated rings. The van der Waals surface area contributed by atoms with E-state index in [0.29, 0.717) is 6.04 Å². The Balaban J connectivity index is 1.91. The zero-order valence-corrected chi connectivity index (χ0v) is 11.3. The van der Waals surface area contributed by atoms with Crippen molar-refractivity contribution in [3.63, 3.8) is 0 Å². The summed E-state index contributed by atoms with van der Waals surface area (Å²) in [5, 5.41) is 3.56. The van der Waals surface area contributed by atoms with Crippen molar-refractivity contribution in [2.75, 3.05) is 43.7 Å². The lowest BCUT2D eigenvalue weighted by molar-refractivity contribution is 0.415. The van der Waals surface area contributed by atoms with Crippen molar-refractivity contribution in [3.05, 3.63) is 24.3 Å². The molecule has 1 aliphatic heterocycles. The van der Waals surface area contributed by atoms with Crippen LogP contribution in [0.15, 0.2) is 24.3 Å². The predicted octanol–water partition coefficient (Wildman–Crippen LogP) is 1.84. The van der Waals surface area contributed by atoms with Gasteiger partial charge < -0.3 is 15.0 Å². The summed E-state index contributed by atoms with van der Waals surface area (Å²) in [6.07, 6.45) is 0. The quantitative estimate of drug-likeness (QED) is 0.883. The fourth-order valence-corrected chi connectivity index (χ4v) is 2.95. The number of nitrogens with zero attached hydrogens (tertiary/aromatic N) is 1. The van der Waals surface area contributed by atoms with Crippen LogP contribution in [0.5, 0.6) is 5.75 Å². The average molecular weight is 252 g/mol. The zero-order valence-electron chi connectivity index (χ0n) is 10.5. The second kappa shape index (κ2) is 6.17. The number of hydrogen-bond acceptors (Lipinski definition) is 4. The van der Waals surface area contributed by atoms with Gasteiger partial charge in [-0.1, -0.05) is 0 Å². The van der Waals surface area contributed by atoms with E-state index in [1.807, 2.05) is 23.9 Å². The molecule has 1 aromatic carbocycles. The molecule has 1 N–H and O–H groups in total. The number of ether oxygens (including phenoxy) is 1. The van der Waals surface area contributed by atoms with E-state index in [1.54, 1.807) is 7.11 Å². The SMILES string of the molecule is COc1ccc(N(C)CC2CSCCN2)cc1. The third-order valence-corrected chi connectivity index (χ3v) is 4.14. The maximum Gasteiger partial charge on any atom is 0.119 e. The van der Waals surface area contributed by atoms with Crippen LogP contribution in [0.25, 0.3) is 0 Å². The summed E-state index contributed by atoms with van der Waals surface area (Å²) in [6, 6.07) is 8.83. The van der Waals surface area contributed by atoms with Crippen LogP contribution < -0.4 is 15.0 Å². The highest BCUT2D eigenvalue weighted by Crippen LogP contribution is 2.19. The van der Waals surface area contributed by atoms with E-state index < -0.39 is 0 Å². The van der Waals surface area contributed by atoms with Crippen molar-refractivity contribution in [2.45, 2.75) is 6.04 Å². The molecular formula is C13H20N2OS. The highest BCUT2D eigenvalue weighted by atomic mass is 32.2. The minimum Gasteiger partial charge on any atom is -0.497 e. The molecule has 1 heterocycles. The molecule has 1 atom stereocenters. The van der Waals surface area contributed by atoms with Crippen LogP contribution in [0.3, 0.4) is 0 Å². The Morgan fingerprint density at radius 3 is 2.76 bits per heavy atom. The molecular weight excluding hydrogens is 232 g/mol. The monoisotopic (exact) mass is 252 g/mol. The molecule has 0 bridgehead atoms. The van der Waals surface area contributed by atoms with Crippen LogP contribution in [0, 0.1) is 0 Å². The number of rotatable bonds is 4. The summed E-state index contributed by atoms with van der Waals surface area (Å²) < 4.78 is 5.16. The Bertz CT molecular complexity index is 336. The predicted molar refractivity (Wildman–Crippen MR) is 75.4 cm³/mol. The van der Waals surface area contributed by atoms with Crippen LogP contribution in [0.2, 0.25) is 0 Å². The van der Waals surface area contributed by atoms with Gasteiger partial charge in [-0.25, -0.2) is 0 Å². The summed E-state index contributed by atoms with van der Waals surface area (Å²) in [5.41, 5.74) is 1.24. The molecule has 4 heteroatoms. The minimum absolute atomic E-state index is 0.598. The van der Waals surface area contributed by atoms with E-state index >= 15 is 0 Å². The lowest BCUT2D eigenvalue weighted by Crippen LogP contribution is -2.45. The number of nitrogens with one attached hydrogen (secondary N) is 1. The first-order chi connectivity index (χ1) is 8.29. The maximum atomic E-state index is 5.16. The Morgan fingerprint density at radius 2 is 2.18 bits per heavy atom. The molecule has 0 spiro atoms. The number of hydrogen-bond donors (Lipinski definition) is 1.